The minimum Gasteiger partial charge on any atom is -0.455 e. The van der Waals surface area contributed by atoms with E-state index in [2.05, 4.69) is 5.32 Å². The average Bonchev–Trinajstić information content (AvgIpc) is 2.68. The van der Waals surface area contributed by atoms with E-state index in [9.17, 15) is 13.2 Å². The molecule has 1 amide bonds. The molecule has 1 aromatic heterocycles. The van der Waals surface area contributed by atoms with Crippen LogP contribution in [0.2, 0.25) is 0 Å². The zero-order valence-electron chi connectivity index (χ0n) is 11.3. The summed E-state index contributed by atoms with van der Waals surface area (Å²) in [6.07, 6.45) is 0. The van der Waals surface area contributed by atoms with Gasteiger partial charge in [-0.25, -0.2) is 13.6 Å². The van der Waals surface area contributed by atoms with Crippen LogP contribution in [0.5, 0.6) is 0 Å². The molecule has 0 aliphatic rings. The zero-order chi connectivity index (χ0) is 14.8. The van der Waals surface area contributed by atoms with Gasteiger partial charge in [0.25, 0.3) is 5.91 Å². The maximum Gasteiger partial charge on any atom is 0.287 e. The Morgan fingerprint density at radius 3 is 2.53 bits per heavy atom. The van der Waals surface area contributed by atoms with Crippen molar-refractivity contribution in [1.82, 2.24) is 5.32 Å². The van der Waals surface area contributed by atoms with Crippen LogP contribution < -0.4 is 10.5 Å². The van der Waals surface area contributed by atoms with E-state index in [0.717, 1.165) is 6.07 Å². The van der Waals surface area contributed by atoms with Gasteiger partial charge in [-0.1, -0.05) is 0 Å². The molecule has 3 N–H and O–H groups in total. The van der Waals surface area contributed by atoms with Crippen molar-refractivity contribution >= 4 is 15.9 Å². The Hall–Kier alpha value is -1.38. The number of primary sulfonamides is 1. The molecule has 0 atom stereocenters. The van der Waals surface area contributed by atoms with Crippen LogP contribution in [0.3, 0.4) is 0 Å². The summed E-state index contributed by atoms with van der Waals surface area (Å²) in [5.41, 5.74) is -0.528. The summed E-state index contributed by atoms with van der Waals surface area (Å²) >= 11 is 0. The molecule has 1 aromatic rings. The van der Waals surface area contributed by atoms with Crippen LogP contribution in [0.1, 0.15) is 30.2 Å². The van der Waals surface area contributed by atoms with Gasteiger partial charge in [-0.2, -0.15) is 0 Å². The molecule has 0 radical (unpaired) electrons. The van der Waals surface area contributed by atoms with Crippen molar-refractivity contribution in [2.45, 2.75) is 31.3 Å². The van der Waals surface area contributed by atoms with E-state index >= 15 is 0 Å². The van der Waals surface area contributed by atoms with Gasteiger partial charge < -0.3 is 14.5 Å². The largest absolute Gasteiger partial charge is 0.455 e. The monoisotopic (exact) mass is 290 g/mol. The first kappa shape index (κ1) is 15.7. The van der Waals surface area contributed by atoms with E-state index < -0.39 is 21.5 Å². The van der Waals surface area contributed by atoms with Crippen LogP contribution in [-0.4, -0.2) is 33.6 Å². The van der Waals surface area contributed by atoms with E-state index in [4.69, 9.17) is 14.3 Å². The van der Waals surface area contributed by atoms with E-state index in [1.165, 1.54) is 14.0 Å². The maximum atomic E-state index is 11.8. The second-order valence-corrected chi connectivity index (χ2v) is 6.25. The Labute approximate surface area is 112 Å². The highest BCUT2D eigenvalue weighted by molar-refractivity contribution is 7.89. The second kappa shape index (κ2) is 5.32. The van der Waals surface area contributed by atoms with Crippen LogP contribution >= 0.6 is 0 Å². The SMILES string of the molecule is COC(C)(C)CNC(=O)c1cc(S(N)(=O)=O)c(C)o1. The first-order valence-corrected chi connectivity index (χ1v) is 7.08. The van der Waals surface area contributed by atoms with Crippen LogP contribution in [0.15, 0.2) is 15.4 Å². The number of nitrogens with one attached hydrogen (secondary N) is 1. The molecule has 7 nitrogen and oxygen atoms in total. The minimum atomic E-state index is -3.89. The molecule has 0 fully saturated rings. The molecule has 108 valence electrons. The molecule has 0 aromatic carbocycles. The Morgan fingerprint density at radius 1 is 1.53 bits per heavy atom. The third-order valence-electron chi connectivity index (χ3n) is 2.63. The molecule has 1 heterocycles. The van der Waals surface area contributed by atoms with Crippen LogP contribution in [-0.2, 0) is 14.8 Å². The van der Waals surface area contributed by atoms with Crippen molar-refractivity contribution in [2.75, 3.05) is 13.7 Å². The normalized spacial score (nSPS) is 12.5. The second-order valence-electron chi connectivity index (χ2n) is 4.72. The molecule has 0 aliphatic carbocycles. The van der Waals surface area contributed by atoms with Crippen molar-refractivity contribution in [3.63, 3.8) is 0 Å². The third kappa shape index (κ3) is 4.05. The smallest absolute Gasteiger partial charge is 0.287 e. The number of hydrogen-bond donors (Lipinski definition) is 2. The third-order valence-corrected chi connectivity index (χ3v) is 3.65. The molecule has 0 saturated heterocycles. The lowest BCUT2D eigenvalue weighted by Gasteiger charge is -2.22. The molecular formula is C11H18N2O5S. The molecule has 0 spiro atoms. The van der Waals surface area contributed by atoms with Crippen LogP contribution in [0.4, 0.5) is 0 Å². The van der Waals surface area contributed by atoms with Gasteiger partial charge in [-0.05, 0) is 20.8 Å². The van der Waals surface area contributed by atoms with E-state index in [-0.39, 0.29) is 23.0 Å². The highest BCUT2D eigenvalue weighted by Crippen LogP contribution is 2.18. The summed E-state index contributed by atoms with van der Waals surface area (Å²) < 4.78 is 32.7. The van der Waals surface area contributed by atoms with Crippen molar-refractivity contribution in [1.29, 1.82) is 0 Å². The van der Waals surface area contributed by atoms with Gasteiger partial charge >= 0.3 is 0 Å². The lowest BCUT2D eigenvalue weighted by atomic mass is 10.1. The Balaban J connectivity index is 2.85. The summed E-state index contributed by atoms with van der Waals surface area (Å²) in [5.74, 6) is -0.546. The quantitative estimate of drug-likeness (QED) is 0.814. The van der Waals surface area contributed by atoms with Crippen molar-refractivity contribution in [2.24, 2.45) is 5.14 Å². The average molecular weight is 290 g/mol. The molecular weight excluding hydrogens is 272 g/mol. The molecule has 8 heteroatoms. The number of rotatable bonds is 5. The predicted molar refractivity (Wildman–Crippen MR) is 68.2 cm³/mol. The standard InChI is InChI=1S/C11H18N2O5S/c1-7-9(19(12,15)16)5-8(18-7)10(14)13-6-11(2,3)17-4/h5H,6H2,1-4H3,(H,13,14)(H2,12,15,16). The molecule has 0 aliphatic heterocycles. The lowest BCUT2D eigenvalue weighted by Crippen LogP contribution is -2.39. The van der Waals surface area contributed by atoms with Gasteiger partial charge in [-0.15, -0.1) is 0 Å². The number of furan rings is 1. The summed E-state index contributed by atoms with van der Waals surface area (Å²) in [6.45, 7) is 5.29. The Morgan fingerprint density at radius 2 is 2.11 bits per heavy atom. The number of aryl methyl sites for hydroxylation is 1. The van der Waals surface area contributed by atoms with Crippen molar-refractivity contribution in [3.8, 4) is 0 Å². The molecule has 19 heavy (non-hydrogen) atoms. The topological polar surface area (TPSA) is 112 Å². The minimum absolute atomic E-state index is 0.0821. The van der Waals surface area contributed by atoms with Crippen LogP contribution in [0, 0.1) is 6.92 Å². The van der Waals surface area contributed by atoms with Gasteiger partial charge in [-0.3, -0.25) is 4.79 Å². The first-order chi connectivity index (χ1) is 8.57. The maximum absolute atomic E-state index is 11.8. The highest BCUT2D eigenvalue weighted by Gasteiger charge is 2.23. The van der Waals surface area contributed by atoms with Gasteiger partial charge in [0.05, 0.1) is 5.60 Å². The number of nitrogens with two attached hydrogens (primary N) is 1. The number of carbonyl (C=O) groups excluding carboxylic acids is 1. The first-order valence-electron chi connectivity index (χ1n) is 5.53. The Bertz CT molecular complexity index is 574. The number of methoxy groups -OCH3 is 1. The summed E-state index contributed by atoms with van der Waals surface area (Å²) in [7, 11) is -2.36. The fourth-order valence-corrected chi connectivity index (χ4v) is 2.03. The predicted octanol–water partition coefficient (Wildman–Crippen LogP) is 0.390. The molecule has 0 saturated carbocycles. The number of amides is 1. The highest BCUT2D eigenvalue weighted by atomic mass is 32.2. The molecule has 0 bridgehead atoms. The van der Waals surface area contributed by atoms with E-state index in [0.29, 0.717) is 0 Å². The van der Waals surface area contributed by atoms with Gasteiger partial charge in [0, 0.05) is 19.7 Å². The zero-order valence-corrected chi connectivity index (χ0v) is 12.1. The summed E-state index contributed by atoms with van der Waals surface area (Å²) in [5, 5.41) is 7.59. The molecule has 1 rings (SSSR count). The number of hydrogen-bond acceptors (Lipinski definition) is 5. The van der Waals surface area contributed by atoms with E-state index in [1.54, 1.807) is 13.8 Å². The van der Waals surface area contributed by atoms with Crippen LogP contribution in [0.25, 0.3) is 0 Å². The summed E-state index contributed by atoms with van der Waals surface area (Å²) in [4.78, 5) is 11.6. The van der Waals surface area contributed by atoms with E-state index in [1.807, 2.05) is 0 Å². The Kier molecular flexibility index (Phi) is 4.39. The fourth-order valence-electron chi connectivity index (χ4n) is 1.31. The van der Waals surface area contributed by atoms with Gasteiger partial charge in [0.15, 0.2) is 5.76 Å². The van der Waals surface area contributed by atoms with Gasteiger partial charge in [0.2, 0.25) is 10.0 Å². The lowest BCUT2D eigenvalue weighted by molar-refractivity contribution is 0.0225. The van der Waals surface area contributed by atoms with Crippen molar-refractivity contribution in [3.05, 3.63) is 17.6 Å². The fraction of sp³-hybridized carbons (Fsp3) is 0.545. The number of carbonyl (C=O) groups is 1. The number of sulfonamides is 1. The number of ether oxygens (including phenoxy) is 1. The summed E-state index contributed by atoms with van der Waals surface area (Å²) in [6, 6.07) is 1.11. The van der Waals surface area contributed by atoms with Gasteiger partial charge in [0.1, 0.15) is 10.7 Å². The molecule has 0 unspecified atom stereocenters. The van der Waals surface area contributed by atoms with Crippen molar-refractivity contribution < 1.29 is 22.4 Å².